The van der Waals surface area contributed by atoms with Gasteiger partial charge in [-0.25, -0.2) is 0 Å². The highest BCUT2D eigenvalue weighted by Crippen LogP contribution is 2.52. The molecule has 0 aromatic heterocycles. The molecule has 0 radical (unpaired) electrons. The van der Waals surface area contributed by atoms with Crippen LogP contribution in [-0.4, -0.2) is 13.2 Å². The number of rotatable bonds is 2. The van der Waals surface area contributed by atoms with Crippen molar-refractivity contribution < 1.29 is 4.74 Å². The number of hydrogen-bond acceptors (Lipinski definition) is 2. The van der Waals surface area contributed by atoms with Crippen molar-refractivity contribution in [2.75, 3.05) is 12.0 Å². The van der Waals surface area contributed by atoms with Crippen LogP contribution in [-0.2, 0) is 0 Å². The highest BCUT2D eigenvalue weighted by Gasteiger charge is 2.41. The number of nitrogens with zero attached hydrogens (tertiary/aromatic N) is 1. The summed E-state index contributed by atoms with van der Waals surface area (Å²) in [7, 11) is 1.72. The maximum Gasteiger partial charge on any atom is 0.119 e. The van der Waals surface area contributed by atoms with Crippen molar-refractivity contribution in [2.24, 2.45) is 0 Å². The van der Waals surface area contributed by atoms with E-state index in [1.54, 1.807) is 7.11 Å². The molecule has 0 saturated heterocycles. The minimum absolute atomic E-state index is 0.640. The maximum absolute atomic E-state index is 5.27. The van der Waals surface area contributed by atoms with Crippen LogP contribution in [0, 0.1) is 0 Å². The summed E-state index contributed by atoms with van der Waals surface area (Å²) in [5, 5.41) is 0. The Morgan fingerprint density at radius 1 is 1.00 bits per heavy atom. The zero-order chi connectivity index (χ0) is 13.5. The van der Waals surface area contributed by atoms with Gasteiger partial charge in [0, 0.05) is 23.3 Å². The standard InChI is InChI=1S/C18H19NO/c1-20-14-11-9-13(10-12-14)19-17-7-3-2-5-15(17)16-6-4-8-18(16)19/h2-3,5,7,9-12,16,18H,4,6,8H2,1H3. The Labute approximate surface area is 120 Å². The van der Waals surface area contributed by atoms with Crippen molar-refractivity contribution in [3.8, 4) is 5.75 Å². The topological polar surface area (TPSA) is 12.5 Å². The van der Waals surface area contributed by atoms with Gasteiger partial charge in [-0.1, -0.05) is 24.6 Å². The zero-order valence-corrected chi connectivity index (χ0v) is 11.8. The second-order valence-electron chi connectivity index (χ2n) is 5.73. The number of fused-ring (bicyclic) bond motifs is 3. The smallest absolute Gasteiger partial charge is 0.119 e. The molecular formula is C18H19NO. The molecule has 1 fully saturated rings. The van der Waals surface area contributed by atoms with Crippen molar-refractivity contribution in [2.45, 2.75) is 31.2 Å². The monoisotopic (exact) mass is 265 g/mol. The molecule has 102 valence electrons. The summed E-state index contributed by atoms with van der Waals surface area (Å²) in [5.74, 6) is 1.64. The first-order chi connectivity index (χ1) is 9.88. The van der Waals surface area contributed by atoms with Gasteiger partial charge in [0.2, 0.25) is 0 Å². The van der Waals surface area contributed by atoms with Crippen LogP contribution in [0.15, 0.2) is 48.5 Å². The van der Waals surface area contributed by atoms with Crippen LogP contribution >= 0.6 is 0 Å². The van der Waals surface area contributed by atoms with Gasteiger partial charge in [0.05, 0.1) is 7.11 Å². The summed E-state index contributed by atoms with van der Waals surface area (Å²) in [5.41, 5.74) is 4.21. The lowest BCUT2D eigenvalue weighted by Gasteiger charge is -2.27. The molecule has 1 saturated carbocycles. The van der Waals surface area contributed by atoms with E-state index in [0.29, 0.717) is 12.0 Å². The molecule has 2 unspecified atom stereocenters. The first-order valence-electron chi connectivity index (χ1n) is 7.41. The number of para-hydroxylation sites is 1. The van der Waals surface area contributed by atoms with Crippen LogP contribution in [0.25, 0.3) is 0 Å². The number of benzene rings is 2. The van der Waals surface area contributed by atoms with Gasteiger partial charge >= 0.3 is 0 Å². The van der Waals surface area contributed by atoms with Gasteiger partial charge in [-0.15, -0.1) is 0 Å². The molecule has 1 aliphatic carbocycles. The van der Waals surface area contributed by atoms with Crippen LogP contribution in [0.4, 0.5) is 11.4 Å². The fourth-order valence-corrected chi connectivity index (χ4v) is 3.88. The summed E-state index contributed by atoms with van der Waals surface area (Å²) >= 11 is 0. The van der Waals surface area contributed by atoms with Gasteiger partial charge in [0.1, 0.15) is 5.75 Å². The van der Waals surface area contributed by atoms with Crippen molar-refractivity contribution in [1.82, 2.24) is 0 Å². The van der Waals surface area contributed by atoms with Crippen molar-refractivity contribution in [3.05, 3.63) is 54.1 Å². The summed E-state index contributed by atoms with van der Waals surface area (Å²) in [6.45, 7) is 0. The molecule has 0 amide bonds. The number of ether oxygens (including phenoxy) is 1. The fourth-order valence-electron chi connectivity index (χ4n) is 3.88. The van der Waals surface area contributed by atoms with E-state index in [9.17, 15) is 0 Å². The van der Waals surface area contributed by atoms with Crippen LogP contribution in [0.2, 0.25) is 0 Å². The van der Waals surface area contributed by atoms with E-state index in [-0.39, 0.29) is 0 Å². The molecule has 2 nitrogen and oxygen atoms in total. The summed E-state index contributed by atoms with van der Waals surface area (Å²) in [6, 6.07) is 18.0. The highest BCUT2D eigenvalue weighted by atomic mass is 16.5. The molecule has 4 rings (SSSR count). The minimum Gasteiger partial charge on any atom is -0.497 e. The molecule has 1 aliphatic heterocycles. The lowest BCUT2D eigenvalue weighted by molar-refractivity contribution is 0.415. The van der Waals surface area contributed by atoms with Gasteiger partial charge in [-0.2, -0.15) is 0 Å². The Kier molecular flexibility index (Phi) is 2.69. The van der Waals surface area contributed by atoms with E-state index in [0.717, 1.165) is 5.75 Å². The van der Waals surface area contributed by atoms with Crippen molar-refractivity contribution >= 4 is 11.4 Å². The molecule has 20 heavy (non-hydrogen) atoms. The summed E-state index contributed by atoms with van der Waals surface area (Å²) < 4.78 is 5.27. The Hall–Kier alpha value is -1.96. The largest absolute Gasteiger partial charge is 0.497 e. The van der Waals surface area contributed by atoms with Crippen molar-refractivity contribution in [3.63, 3.8) is 0 Å². The van der Waals surface area contributed by atoms with Gasteiger partial charge in [0.15, 0.2) is 0 Å². The Morgan fingerprint density at radius 3 is 2.60 bits per heavy atom. The second kappa shape index (κ2) is 4.55. The predicted octanol–water partition coefficient (Wildman–Crippen LogP) is 4.48. The molecule has 0 spiro atoms. The summed E-state index contributed by atoms with van der Waals surface area (Å²) in [6.07, 6.45) is 3.97. The summed E-state index contributed by atoms with van der Waals surface area (Å²) in [4.78, 5) is 2.53. The third kappa shape index (κ3) is 1.64. The molecule has 0 bridgehead atoms. The quantitative estimate of drug-likeness (QED) is 0.793. The zero-order valence-electron chi connectivity index (χ0n) is 11.8. The van der Waals surface area contributed by atoms with Gasteiger partial charge in [0.25, 0.3) is 0 Å². The molecule has 2 atom stereocenters. The lowest BCUT2D eigenvalue weighted by atomic mass is 9.98. The van der Waals surface area contributed by atoms with Crippen LogP contribution < -0.4 is 9.64 Å². The molecular weight excluding hydrogens is 246 g/mol. The van der Waals surface area contributed by atoms with E-state index in [2.05, 4.69) is 53.4 Å². The van der Waals surface area contributed by atoms with E-state index >= 15 is 0 Å². The molecule has 2 aromatic rings. The number of anilines is 2. The number of hydrogen-bond donors (Lipinski definition) is 0. The Balaban J connectivity index is 1.79. The van der Waals surface area contributed by atoms with Gasteiger partial charge < -0.3 is 9.64 Å². The van der Waals surface area contributed by atoms with Crippen molar-refractivity contribution in [1.29, 1.82) is 0 Å². The molecule has 2 heteroatoms. The first-order valence-corrected chi connectivity index (χ1v) is 7.41. The predicted molar refractivity (Wildman–Crippen MR) is 82.0 cm³/mol. The molecule has 1 heterocycles. The Bertz CT molecular complexity index is 620. The molecule has 2 aromatic carbocycles. The van der Waals surface area contributed by atoms with Gasteiger partial charge in [-0.3, -0.25) is 0 Å². The van der Waals surface area contributed by atoms with Crippen LogP contribution in [0.5, 0.6) is 5.75 Å². The van der Waals surface area contributed by atoms with Crippen LogP contribution in [0.1, 0.15) is 30.7 Å². The lowest BCUT2D eigenvalue weighted by Crippen LogP contribution is -2.26. The highest BCUT2D eigenvalue weighted by molar-refractivity contribution is 5.73. The van der Waals surface area contributed by atoms with E-state index in [1.807, 2.05) is 0 Å². The normalized spacial score (nSPS) is 23.6. The van der Waals surface area contributed by atoms with E-state index in [4.69, 9.17) is 4.74 Å². The van der Waals surface area contributed by atoms with Crippen LogP contribution in [0.3, 0.4) is 0 Å². The maximum atomic E-state index is 5.27. The third-order valence-electron chi connectivity index (χ3n) is 4.76. The molecule has 2 aliphatic rings. The van der Waals surface area contributed by atoms with E-state index in [1.165, 1.54) is 36.2 Å². The fraction of sp³-hybridized carbons (Fsp3) is 0.333. The van der Waals surface area contributed by atoms with E-state index < -0.39 is 0 Å². The first kappa shape index (κ1) is 11.8. The average molecular weight is 265 g/mol. The SMILES string of the molecule is COc1ccc(N2c3ccccc3C3CCCC32)cc1. The minimum atomic E-state index is 0.640. The second-order valence-corrected chi connectivity index (χ2v) is 5.73. The number of methoxy groups -OCH3 is 1. The average Bonchev–Trinajstić information content (AvgIpc) is 3.08. The Morgan fingerprint density at radius 2 is 1.80 bits per heavy atom. The third-order valence-corrected chi connectivity index (χ3v) is 4.76. The van der Waals surface area contributed by atoms with Gasteiger partial charge in [-0.05, 0) is 48.7 Å². The molecule has 0 N–H and O–H groups in total.